The van der Waals surface area contributed by atoms with E-state index in [0.29, 0.717) is 5.56 Å². The van der Waals surface area contributed by atoms with Crippen molar-refractivity contribution in [2.75, 3.05) is 6.54 Å². The maximum Gasteiger partial charge on any atom is 0.307 e. The molecule has 0 saturated carbocycles. The van der Waals surface area contributed by atoms with Crippen molar-refractivity contribution in [3.05, 3.63) is 59.7 Å². The van der Waals surface area contributed by atoms with Crippen LogP contribution in [-0.2, 0) is 19.1 Å². The molecule has 35 heavy (non-hydrogen) atoms. The maximum absolute atomic E-state index is 14.3. The van der Waals surface area contributed by atoms with E-state index in [1.165, 1.54) is 30.3 Å². The van der Waals surface area contributed by atoms with Crippen molar-refractivity contribution in [1.29, 1.82) is 0 Å². The van der Waals surface area contributed by atoms with Crippen LogP contribution in [0.3, 0.4) is 0 Å². The van der Waals surface area contributed by atoms with Crippen molar-refractivity contribution in [1.82, 2.24) is 5.32 Å². The predicted molar refractivity (Wildman–Crippen MR) is 126 cm³/mol. The Hall–Kier alpha value is -3.62. The fourth-order valence-electron chi connectivity index (χ4n) is 3.43. The zero-order valence-corrected chi connectivity index (χ0v) is 20.0. The number of carbonyl (C=O) groups is 4. The van der Waals surface area contributed by atoms with Crippen LogP contribution < -0.4 is 11.1 Å². The summed E-state index contributed by atoms with van der Waals surface area (Å²) in [5.74, 6) is -4.68. The quantitative estimate of drug-likeness (QED) is 0.282. The van der Waals surface area contributed by atoms with Crippen LogP contribution in [-0.4, -0.2) is 35.7 Å². The normalized spacial score (nSPS) is 12.0. The number of nitrogens with two attached hydrogens (primary N) is 1. The van der Waals surface area contributed by atoms with Gasteiger partial charge in [0.05, 0.1) is 17.9 Å². The minimum absolute atomic E-state index is 0.0583. The fraction of sp³-hybridized carbons (Fsp3) is 0.385. The molecule has 9 heteroatoms. The van der Waals surface area contributed by atoms with Gasteiger partial charge in [0, 0.05) is 24.9 Å². The fourth-order valence-corrected chi connectivity index (χ4v) is 3.43. The van der Waals surface area contributed by atoms with Crippen LogP contribution in [0.15, 0.2) is 42.5 Å². The number of hydrogen-bond acceptors (Lipinski definition) is 5. The molecule has 0 spiro atoms. The first-order chi connectivity index (χ1) is 16.4. The molecule has 1 atom stereocenters. The molecule has 2 rings (SSSR count). The molecule has 2 amide bonds. The number of amides is 2. The molecule has 0 aliphatic rings. The van der Waals surface area contributed by atoms with E-state index in [1.54, 1.807) is 26.8 Å². The molecule has 0 unspecified atom stereocenters. The Morgan fingerprint density at radius 2 is 1.69 bits per heavy atom. The number of ether oxygens (including phenoxy) is 1. The number of Topliss-reactive ketones (excluding diaryl/α,β-unsaturated/α-hetero) is 1. The molecule has 0 aliphatic heterocycles. The number of nitrogens with one attached hydrogen (secondary N) is 1. The molecule has 0 fully saturated rings. The van der Waals surface area contributed by atoms with Crippen LogP contribution in [0.2, 0.25) is 0 Å². The molecule has 2 aromatic rings. The molecule has 7 nitrogen and oxygen atoms in total. The van der Waals surface area contributed by atoms with E-state index >= 15 is 0 Å². The lowest BCUT2D eigenvalue weighted by Crippen LogP contribution is -2.36. The van der Waals surface area contributed by atoms with E-state index < -0.39 is 46.7 Å². The summed E-state index contributed by atoms with van der Waals surface area (Å²) in [6.07, 6.45) is -0.550. The van der Waals surface area contributed by atoms with Gasteiger partial charge in [-0.05, 0) is 51.0 Å². The highest BCUT2D eigenvalue weighted by molar-refractivity contribution is 5.97. The van der Waals surface area contributed by atoms with Crippen LogP contribution in [0, 0.1) is 17.6 Å². The van der Waals surface area contributed by atoms with Crippen LogP contribution in [0.4, 0.5) is 8.78 Å². The summed E-state index contributed by atoms with van der Waals surface area (Å²) < 4.78 is 33.5. The van der Waals surface area contributed by atoms with E-state index in [9.17, 15) is 28.0 Å². The van der Waals surface area contributed by atoms with Crippen LogP contribution in [0.25, 0.3) is 11.1 Å². The Bertz CT molecular complexity index is 1100. The Morgan fingerprint density at radius 3 is 2.31 bits per heavy atom. The van der Waals surface area contributed by atoms with Gasteiger partial charge in [-0.2, -0.15) is 0 Å². The number of carbonyl (C=O) groups excluding carboxylic acids is 4. The van der Waals surface area contributed by atoms with Gasteiger partial charge >= 0.3 is 5.97 Å². The standard InChI is InChI=1S/C26H30F2N2O5/c1-26(2,3)35-24(33)15-17(14-23(29)32)25(34)30-12-6-9-22(31)19-13-16(10-11-21(19)28)18-7-4-5-8-20(18)27/h4-5,7-8,10-11,13,17H,6,9,12,14-15H2,1-3H3,(H2,29,32)(H,30,34)/t17-/m1/s1. The molecular weight excluding hydrogens is 458 g/mol. The number of benzene rings is 2. The summed E-state index contributed by atoms with van der Waals surface area (Å²) in [5.41, 5.74) is 4.90. The summed E-state index contributed by atoms with van der Waals surface area (Å²) in [7, 11) is 0. The monoisotopic (exact) mass is 488 g/mol. The van der Waals surface area contributed by atoms with Crippen molar-refractivity contribution in [3.8, 4) is 11.1 Å². The first-order valence-corrected chi connectivity index (χ1v) is 11.2. The molecule has 0 aliphatic carbocycles. The number of halogens is 2. The molecule has 0 bridgehead atoms. The van der Waals surface area contributed by atoms with Gasteiger partial charge in [0.25, 0.3) is 0 Å². The van der Waals surface area contributed by atoms with E-state index in [4.69, 9.17) is 10.5 Å². The first-order valence-electron chi connectivity index (χ1n) is 11.2. The molecule has 188 valence electrons. The number of esters is 1. The van der Waals surface area contributed by atoms with E-state index in [0.717, 1.165) is 6.07 Å². The van der Waals surface area contributed by atoms with Crippen molar-refractivity contribution in [2.45, 2.75) is 52.1 Å². The van der Waals surface area contributed by atoms with Crippen molar-refractivity contribution >= 4 is 23.6 Å². The summed E-state index contributed by atoms with van der Waals surface area (Å²) in [4.78, 5) is 48.4. The minimum Gasteiger partial charge on any atom is -0.460 e. The highest BCUT2D eigenvalue weighted by atomic mass is 19.1. The van der Waals surface area contributed by atoms with Crippen LogP contribution >= 0.6 is 0 Å². The topological polar surface area (TPSA) is 116 Å². The van der Waals surface area contributed by atoms with E-state index in [2.05, 4.69) is 5.32 Å². The average Bonchev–Trinajstić information content (AvgIpc) is 2.75. The number of ketones is 1. The van der Waals surface area contributed by atoms with Crippen molar-refractivity contribution in [2.24, 2.45) is 11.7 Å². The summed E-state index contributed by atoms with van der Waals surface area (Å²) in [5, 5.41) is 2.57. The van der Waals surface area contributed by atoms with Gasteiger partial charge in [-0.25, -0.2) is 8.78 Å². The molecular formula is C26H30F2N2O5. The second kappa shape index (κ2) is 12.2. The van der Waals surface area contributed by atoms with Gasteiger partial charge in [0.2, 0.25) is 11.8 Å². The summed E-state index contributed by atoms with van der Waals surface area (Å²) in [6.45, 7) is 5.10. The summed E-state index contributed by atoms with van der Waals surface area (Å²) >= 11 is 0. The zero-order chi connectivity index (χ0) is 26.2. The number of hydrogen-bond donors (Lipinski definition) is 2. The molecule has 0 heterocycles. The van der Waals surface area contributed by atoms with Gasteiger partial charge in [0.1, 0.15) is 17.2 Å². The average molecular weight is 489 g/mol. The lowest BCUT2D eigenvalue weighted by Gasteiger charge is -2.21. The Morgan fingerprint density at radius 1 is 1.00 bits per heavy atom. The first kappa shape index (κ1) is 27.6. The predicted octanol–water partition coefficient (Wildman–Crippen LogP) is 3.93. The smallest absolute Gasteiger partial charge is 0.307 e. The van der Waals surface area contributed by atoms with Gasteiger partial charge in [-0.1, -0.05) is 24.3 Å². The highest BCUT2D eigenvalue weighted by Gasteiger charge is 2.27. The summed E-state index contributed by atoms with van der Waals surface area (Å²) in [6, 6.07) is 9.79. The molecule has 0 radical (unpaired) electrons. The second-order valence-corrected chi connectivity index (χ2v) is 9.15. The SMILES string of the molecule is CC(C)(C)OC(=O)C[C@@H](CC(N)=O)C(=O)NCCCC(=O)c1cc(-c2ccccc2F)ccc1F. The van der Waals surface area contributed by atoms with Crippen molar-refractivity contribution in [3.63, 3.8) is 0 Å². The third-order valence-corrected chi connectivity index (χ3v) is 4.98. The minimum atomic E-state index is -1.01. The van der Waals surface area contributed by atoms with Gasteiger partial charge in [-0.3, -0.25) is 19.2 Å². The molecule has 0 aromatic heterocycles. The van der Waals surface area contributed by atoms with Crippen LogP contribution in [0.1, 0.15) is 56.8 Å². The highest BCUT2D eigenvalue weighted by Crippen LogP contribution is 2.25. The number of rotatable bonds is 11. The third-order valence-electron chi connectivity index (χ3n) is 4.98. The van der Waals surface area contributed by atoms with Gasteiger partial charge in [-0.15, -0.1) is 0 Å². The van der Waals surface area contributed by atoms with E-state index in [1.807, 2.05) is 0 Å². The third kappa shape index (κ3) is 8.92. The Balaban J connectivity index is 1.95. The molecule has 0 saturated heterocycles. The Labute approximate surface area is 203 Å². The molecule has 3 N–H and O–H groups in total. The lowest BCUT2D eigenvalue weighted by atomic mass is 9.98. The van der Waals surface area contributed by atoms with Crippen LogP contribution in [0.5, 0.6) is 0 Å². The lowest BCUT2D eigenvalue weighted by molar-refractivity contribution is -0.157. The number of primary amides is 1. The van der Waals surface area contributed by atoms with Gasteiger partial charge < -0.3 is 15.8 Å². The largest absolute Gasteiger partial charge is 0.460 e. The second-order valence-electron chi connectivity index (χ2n) is 9.15. The Kier molecular flexibility index (Phi) is 9.62. The molecule has 2 aromatic carbocycles. The maximum atomic E-state index is 14.3. The van der Waals surface area contributed by atoms with Crippen molar-refractivity contribution < 1.29 is 32.7 Å². The van der Waals surface area contributed by atoms with Gasteiger partial charge in [0.15, 0.2) is 5.78 Å². The zero-order valence-electron chi connectivity index (χ0n) is 20.0. The van der Waals surface area contributed by atoms with E-state index in [-0.39, 0.29) is 43.4 Å².